The van der Waals surface area contributed by atoms with Crippen molar-refractivity contribution in [1.82, 2.24) is 0 Å². The summed E-state index contributed by atoms with van der Waals surface area (Å²) in [6.07, 6.45) is 0.308. The topological polar surface area (TPSA) is 47.6 Å². The molecule has 0 unspecified atom stereocenters. The van der Waals surface area contributed by atoms with Gasteiger partial charge in [-0.1, -0.05) is 45.0 Å². The molecule has 0 atom stereocenters. The van der Waals surface area contributed by atoms with E-state index in [0.29, 0.717) is 6.42 Å². The number of rotatable bonds is 6. The highest BCUT2D eigenvalue weighted by Gasteiger charge is 2.13. The molecule has 3 aromatic carbocycles. The van der Waals surface area contributed by atoms with Crippen LogP contribution < -0.4 is 14.8 Å². The summed E-state index contributed by atoms with van der Waals surface area (Å²) in [4.78, 5) is 12.3. The molecule has 0 aliphatic carbocycles. The van der Waals surface area contributed by atoms with Crippen LogP contribution in [0, 0.1) is 0 Å². The van der Waals surface area contributed by atoms with Gasteiger partial charge in [-0.25, -0.2) is 0 Å². The highest BCUT2D eigenvalue weighted by Crippen LogP contribution is 2.27. The normalized spacial score (nSPS) is 11.0. The van der Waals surface area contributed by atoms with Gasteiger partial charge in [0, 0.05) is 5.69 Å². The number of benzene rings is 3. The van der Waals surface area contributed by atoms with Gasteiger partial charge in [0.1, 0.15) is 17.2 Å². The number of hydrogen-bond acceptors (Lipinski definition) is 3. The number of methoxy groups -OCH3 is 1. The maximum absolute atomic E-state index is 12.3. The fourth-order valence-corrected chi connectivity index (χ4v) is 2.90. The number of amides is 1. The van der Waals surface area contributed by atoms with Crippen molar-refractivity contribution >= 4 is 11.6 Å². The predicted octanol–water partition coefficient (Wildman–Crippen LogP) is 5.97. The Bertz CT molecular complexity index is 937. The van der Waals surface area contributed by atoms with E-state index in [1.165, 1.54) is 5.56 Å². The summed E-state index contributed by atoms with van der Waals surface area (Å²) >= 11 is 0. The summed E-state index contributed by atoms with van der Waals surface area (Å²) in [6, 6.07) is 23.0. The quantitative estimate of drug-likeness (QED) is 0.565. The summed E-state index contributed by atoms with van der Waals surface area (Å²) in [5, 5.41) is 2.91. The Kier molecular flexibility index (Phi) is 6.23. The van der Waals surface area contributed by atoms with Crippen molar-refractivity contribution in [3.63, 3.8) is 0 Å². The third-order valence-corrected chi connectivity index (χ3v) is 4.62. The molecular weight excluding hydrogens is 362 g/mol. The van der Waals surface area contributed by atoms with Gasteiger partial charge in [-0.3, -0.25) is 4.79 Å². The second-order valence-corrected chi connectivity index (χ2v) is 7.97. The van der Waals surface area contributed by atoms with Crippen LogP contribution in [0.5, 0.6) is 17.2 Å². The van der Waals surface area contributed by atoms with E-state index in [1.54, 1.807) is 7.11 Å². The van der Waals surface area contributed by atoms with Crippen LogP contribution in [-0.2, 0) is 16.6 Å². The molecule has 3 aromatic rings. The number of hydrogen-bond donors (Lipinski definition) is 1. The minimum Gasteiger partial charge on any atom is -0.497 e. The zero-order valence-corrected chi connectivity index (χ0v) is 17.4. The van der Waals surface area contributed by atoms with E-state index in [1.807, 2.05) is 60.7 Å². The molecule has 4 heteroatoms. The molecule has 0 fully saturated rings. The molecule has 1 N–H and O–H groups in total. The Morgan fingerprint density at radius 1 is 0.793 bits per heavy atom. The Morgan fingerprint density at radius 3 is 1.83 bits per heavy atom. The summed E-state index contributed by atoms with van der Waals surface area (Å²) in [5.74, 6) is 2.22. The Hall–Kier alpha value is -3.27. The molecule has 0 bridgehead atoms. The second-order valence-electron chi connectivity index (χ2n) is 7.97. The SMILES string of the molecule is COc1ccc(CC(=O)Nc2ccc(Oc3ccc(C(C)(C)C)cc3)cc2)cc1. The lowest BCUT2D eigenvalue weighted by atomic mass is 9.87. The molecule has 0 aliphatic heterocycles. The molecule has 0 radical (unpaired) electrons. The van der Waals surface area contributed by atoms with Crippen LogP contribution in [0.3, 0.4) is 0 Å². The number of ether oxygens (including phenoxy) is 2. The van der Waals surface area contributed by atoms with Gasteiger partial charge in [-0.2, -0.15) is 0 Å². The summed E-state index contributed by atoms with van der Waals surface area (Å²) in [7, 11) is 1.62. The van der Waals surface area contributed by atoms with Gasteiger partial charge in [0.15, 0.2) is 0 Å². The summed E-state index contributed by atoms with van der Waals surface area (Å²) in [6.45, 7) is 6.56. The standard InChI is InChI=1S/C25H27NO3/c1-25(2,3)19-7-13-22(14-8-19)29-23-15-9-20(10-16-23)26-24(27)17-18-5-11-21(28-4)12-6-18/h5-16H,17H2,1-4H3,(H,26,27). The maximum Gasteiger partial charge on any atom is 0.228 e. The first-order valence-corrected chi connectivity index (χ1v) is 9.65. The molecule has 0 spiro atoms. The van der Waals surface area contributed by atoms with Gasteiger partial charge in [-0.05, 0) is 65.1 Å². The Balaban J connectivity index is 1.56. The summed E-state index contributed by atoms with van der Waals surface area (Å²) < 4.78 is 11.0. The minimum atomic E-state index is -0.0680. The van der Waals surface area contributed by atoms with E-state index in [4.69, 9.17) is 9.47 Å². The monoisotopic (exact) mass is 389 g/mol. The van der Waals surface area contributed by atoms with Gasteiger partial charge in [0.25, 0.3) is 0 Å². The number of anilines is 1. The Labute approximate surface area is 172 Å². The van der Waals surface area contributed by atoms with E-state index >= 15 is 0 Å². The van der Waals surface area contributed by atoms with Gasteiger partial charge >= 0.3 is 0 Å². The van der Waals surface area contributed by atoms with Crippen molar-refractivity contribution < 1.29 is 14.3 Å². The van der Waals surface area contributed by atoms with E-state index < -0.39 is 0 Å². The van der Waals surface area contributed by atoms with E-state index in [9.17, 15) is 4.79 Å². The van der Waals surface area contributed by atoms with Gasteiger partial charge in [0.2, 0.25) is 5.91 Å². The van der Waals surface area contributed by atoms with Crippen molar-refractivity contribution in [2.24, 2.45) is 0 Å². The molecule has 1 amide bonds. The number of carbonyl (C=O) groups is 1. The third kappa shape index (κ3) is 5.85. The molecule has 3 rings (SSSR count). The molecule has 4 nitrogen and oxygen atoms in total. The second kappa shape index (κ2) is 8.82. The van der Waals surface area contributed by atoms with Gasteiger partial charge < -0.3 is 14.8 Å². The fourth-order valence-electron chi connectivity index (χ4n) is 2.90. The zero-order chi connectivity index (χ0) is 20.9. The first kappa shape index (κ1) is 20.5. The van der Waals surface area contributed by atoms with Crippen LogP contribution >= 0.6 is 0 Å². The predicted molar refractivity (Wildman–Crippen MR) is 117 cm³/mol. The maximum atomic E-state index is 12.3. The van der Waals surface area contributed by atoms with Gasteiger partial charge in [0.05, 0.1) is 13.5 Å². The average Bonchev–Trinajstić information content (AvgIpc) is 2.70. The summed E-state index contributed by atoms with van der Waals surface area (Å²) in [5.41, 5.74) is 3.05. The lowest BCUT2D eigenvalue weighted by Gasteiger charge is -2.19. The number of nitrogens with one attached hydrogen (secondary N) is 1. The molecule has 0 aromatic heterocycles. The van der Waals surface area contributed by atoms with Crippen LogP contribution in [0.15, 0.2) is 72.8 Å². The van der Waals surface area contributed by atoms with Crippen molar-refractivity contribution in [3.05, 3.63) is 83.9 Å². The average molecular weight is 389 g/mol. The first-order valence-electron chi connectivity index (χ1n) is 9.65. The van der Waals surface area contributed by atoms with Crippen molar-refractivity contribution in [2.45, 2.75) is 32.6 Å². The van der Waals surface area contributed by atoms with Crippen LogP contribution in [-0.4, -0.2) is 13.0 Å². The van der Waals surface area contributed by atoms with Gasteiger partial charge in [-0.15, -0.1) is 0 Å². The molecule has 0 heterocycles. The molecule has 0 aliphatic rings. The van der Waals surface area contributed by atoms with Crippen LogP contribution in [0.1, 0.15) is 31.9 Å². The van der Waals surface area contributed by atoms with E-state index in [2.05, 4.69) is 38.2 Å². The largest absolute Gasteiger partial charge is 0.497 e. The van der Waals surface area contributed by atoms with Crippen LogP contribution in [0.2, 0.25) is 0 Å². The molecule has 0 saturated heterocycles. The zero-order valence-electron chi connectivity index (χ0n) is 17.4. The van der Waals surface area contributed by atoms with E-state index in [-0.39, 0.29) is 11.3 Å². The van der Waals surface area contributed by atoms with Crippen molar-refractivity contribution in [1.29, 1.82) is 0 Å². The Morgan fingerprint density at radius 2 is 1.31 bits per heavy atom. The highest BCUT2D eigenvalue weighted by molar-refractivity contribution is 5.92. The highest BCUT2D eigenvalue weighted by atomic mass is 16.5. The minimum absolute atomic E-state index is 0.0680. The number of carbonyl (C=O) groups excluding carboxylic acids is 1. The molecule has 150 valence electrons. The van der Waals surface area contributed by atoms with Crippen LogP contribution in [0.4, 0.5) is 5.69 Å². The van der Waals surface area contributed by atoms with Crippen molar-refractivity contribution in [2.75, 3.05) is 12.4 Å². The van der Waals surface area contributed by atoms with Crippen LogP contribution in [0.25, 0.3) is 0 Å². The first-order chi connectivity index (χ1) is 13.8. The lowest BCUT2D eigenvalue weighted by molar-refractivity contribution is -0.115. The van der Waals surface area contributed by atoms with Crippen molar-refractivity contribution in [3.8, 4) is 17.2 Å². The molecule has 0 saturated carbocycles. The fraction of sp³-hybridized carbons (Fsp3) is 0.240. The molecular formula is C25H27NO3. The third-order valence-electron chi connectivity index (χ3n) is 4.62. The van der Waals surface area contributed by atoms with E-state index in [0.717, 1.165) is 28.5 Å². The smallest absolute Gasteiger partial charge is 0.228 e. The lowest BCUT2D eigenvalue weighted by Crippen LogP contribution is -2.14. The molecule has 29 heavy (non-hydrogen) atoms.